The summed E-state index contributed by atoms with van der Waals surface area (Å²) in [6, 6.07) is 7.04. The van der Waals surface area contributed by atoms with Crippen LogP contribution >= 0.6 is 0 Å². The minimum absolute atomic E-state index is 0.000595. The highest BCUT2D eigenvalue weighted by atomic mass is 16.5. The Labute approximate surface area is 125 Å². The maximum Gasteiger partial charge on any atom is 0.341 e. The molecule has 0 bridgehead atoms. The quantitative estimate of drug-likeness (QED) is 0.844. The lowest BCUT2D eigenvalue weighted by atomic mass is 9.81. The van der Waals surface area contributed by atoms with E-state index in [4.69, 9.17) is 9.84 Å². The molecule has 5 heteroatoms. The molecule has 0 spiro atoms. The molecular weight excluding hydrogens is 270 g/mol. The first-order chi connectivity index (χ1) is 9.70. The van der Waals surface area contributed by atoms with Gasteiger partial charge >= 0.3 is 5.97 Å². The minimum Gasteiger partial charge on any atom is -0.482 e. The Kier molecular flexibility index (Phi) is 5.76. The molecule has 0 radical (unpaired) electrons. The van der Waals surface area contributed by atoms with Gasteiger partial charge in [0.25, 0.3) is 0 Å². The molecule has 0 aliphatic rings. The molecule has 1 rings (SSSR count). The van der Waals surface area contributed by atoms with Gasteiger partial charge in [-0.1, -0.05) is 39.8 Å². The van der Waals surface area contributed by atoms with Gasteiger partial charge in [0.15, 0.2) is 6.61 Å². The number of amides is 1. The lowest BCUT2D eigenvalue weighted by molar-refractivity contribution is -0.139. The van der Waals surface area contributed by atoms with Crippen molar-refractivity contribution in [3.05, 3.63) is 29.8 Å². The number of carbonyl (C=O) groups is 2. The number of ether oxygens (including phenoxy) is 1. The Bertz CT molecular complexity index is 505. The monoisotopic (exact) mass is 293 g/mol. The number of aliphatic carboxylic acids is 1. The number of hydrogen-bond acceptors (Lipinski definition) is 3. The zero-order valence-electron chi connectivity index (χ0n) is 13.0. The van der Waals surface area contributed by atoms with E-state index in [1.807, 2.05) is 33.8 Å². The van der Waals surface area contributed by atoms with Gasteiger partial charge in [-0.15, -0.1) is 0 Å². The van der Waals surface area contributed by atoms with Crippen molar-refractivity contribution in [3.63, 3.8) is 0 Å². The molecule has 0 aromatic heterocycles. The lowest BCUT2D eigenvalue weighted by Crippen LogP contribution is -2.35. The first-order valence-corrected chi connectivity index (χ1v) is 6.91. The molecule has 2 N–H and O–H groups in total. The van der Waals surface area contributed by atoms with Gasteiger partial charge in [-0.2, -0.15) is 0 Å². The first-order valence-electron chi connectivity index (χ1n) is 6.91. The molecule has 0 heterocycles. The van der Waals surface area contributed by atoms with E-state index in [-0.39, 0.29) is 23.8 Å². The third kappa shape index (κ3) is 5.85. The normalized spacial score (nSPS) is 12.6. The van der Waals surface area contributed by atoms with E-state index in [2.05, 4.69) is 5.32 Å². The average Bonchev–Trinajstić information content (AvgIpc) is 2.41. The van der Waals surface area contributed by atoms with E-state index in [9.17, 15) is 9.59 Å². The Balaban J connectivity index is 2.58. The predicted molar refractivity (Wildman–Crippen MR) is 80.0 cm³/mol. The minimum atomic E-state index is -1.02. The summed E-state index contributed by atoms with van der Waals surface area (Å²) in [4.78, 5) is 22.5. The number of benzene rings is 1. The highest BCUT2D eigenvalue weighted by molar-refractivity contribution is 5.79. The summed E-state index contributed by atoms with van der Waals surface area (Å²) in [6.07, 6.45) is 0. The van der Waals surface area contributed by atoms with Crippen LogP contribution in [0.2, 0.25) is 0 Å². The van der Waals surface area contributed by atoms with Crippen molar-refractivity contribution in [3.8, 4) is 5.75 Å². The molecule has 0 saturated heterocycles. The Morgan fingerprint density at radius 2 is 2.00 bits per heavy atom. The van der Waals surface area contributed by atoms with Gasteiger partial charge in [0.05, 0.1) is 0 Å². The van der Waals surface area contributed by atoms with Crippen molar-refractivity contribution in [2.45, 2.75) is 34.2 Å². The van der Waals surface area contributed by atoms with E-state index in [1.54, 1.807) is 18.2 Å². The Morgan fingerprint density at radius 1 is 1.33 bits per heavy atom. The van der Waals surface area contributed by atoms with E-state index in [1.165, 1.54) is 0 Å². The van der Waals surface area contributed by atoms with E-state index >= 15 is 0 Å². The van der Waals surface area contributed by atoms with Gasteiger partial charge in [0.1, 0.15) is 5.75 Å². The van der Waals surface area contributed by atoms with Crippen LogP contribution in [0.3, 0.4) is 0 Å². The van der Waals surface area contributed by atoms with Crippen molar-refractivity contribution in [1.29, 1.82) is 0 Å². The summed E-state index contributed by atoms with van der Waals surface area (Å²) in [7, 11) is 0. The van der Waals surface area contributed by atoms with Crippen LogP contribution in [0.5, 0.6) is 5.75 Å². The first kappa shape index (κ1) is 17.0. The van der Waals surface area contributed by atoms with Crippen LogP contribution in [-0.2, 0) is 16.1 Å². The average molecular weight is 293 g/mol. The highest BCUT2D eigenvalue weighted by Gasteiger charge is 2.26. The van der Waals surface area contributed by atoms with Crippen molar-refractivity contribution >= 4 is 11.9 Å². The maximum atomic E-state index is 12.0. The molecule has 0 saturated carbocycles. The van der Waals surface area contributed by atoms with Crippen LogP contribution in [0.1, 0.15) is 33.3 Å². The largest absolute Gasteiger partial charge is 0.482 e. The zero-order valence-corrected chi connectivity index (χ0v) is 13.0. The van der Waals surface area contributed by atoms with Crippen molar-refractivity contribution in [2.75, 3.05) is 6.61 Å². The predicted octanol–water partition coefficient (Wildman–Crippen LogP) is 2.45. The van der Waals surface area contributed by atoms with Crippen LogP contribution < -0.4 is 10.1 Å². The highest BCUT2D eigenvalue weighted by Crippen LogP contribution is 2.25. The fraction of sp³-hybridized carbons (Fsp3) is 0.500. The van der Waals surface area contributed by atoms with E-state index < -0.39 is 5.97 Å². The molecule has 1 atom stereocenters. The number of hydrogen-bond donors (Lipinski definition) is 2. The fourth-order valence-corrected chi connectivity index (χ4v) is 1.63. The van der Waals surface area contributed by atoms with Crippen molar-refractivity contribution in [1.82, 2.24) is 5.32 Å². The molecule has 0 aliphatic heterocycles. The molecule has 0 aliphatic carbocycles. The van der Waals surface area contributed by atoms with Crippen LogP contribution in [0, 0.1) is 11.3 Å². The molecule has 0 fully saturated rings. The molecule has 1 unspecified atom stereocenters. The Morgan fingerprint density at radius 3 is 2.57 bits per heavy atom. The summed E-state index contributed by atoms with van der Waals surface area (Å²) in [5.74, 6) is -0.635. The summed E-state index contributed by atoms with van der Waals surface area (Å²) in [6.45, 7) is 7.99. The summed E-state index contributed by atoms with van der Waals surface area (Å²) in [5, 5.41) is 11.5. The fourth-order valence-electron chi connectivity index (χ4n) is 1.63. The molecule has 1 amide bonds. The van der Waals surface area contributed by atoms with Crippen LogP contribution in [0.25, 0.3) is 0 Å². The standard InChI is InChI=1S/C16H23NO4/c1-11(16(2,3)4)15(20)17-9-12-6-5-7-13(8-12)21-10-14(18)19/h5-8,11H,9-10H2,1-4H3,(H,17,20)(H,18,19). The molecule has 21 heavy (non-hydrogen) atoms. The second-order valence-electron chi connectivity index (χ2n) is 6.14. The molecular formula is C16H23NO4. The molecule has 1 aromatic carbocycles. The van der Waals surface area contributed by atoms with Gasteiger partial charge in [-0.25, -0.2) is 4.79 Å². The van der Waals surface area contributed by atoms with Crippen LogP contribution in [0.15, 0.2) is 24.3 Å². The van der Waals surface area contributed by atoms with Crippen molar-refractivity contribution < 1.29 is 19.4 Å². The molecule has 1 aromatic rings. The maximum absolute atomic E-state index is 12.0. The molecule has 116 valence electrons. The van der Waals surface area contributed by atoms with Gasteiger partial charge in [-0.3, -0.25) is 4.79 Å². The Hall–Kier alpha value is -2.04. The molecule has 5 nitrogen and oxygen atoms in total. The summed E-state index contributed by atoms with van der Waals surface area (Å²) in [5.41, 5.74) is 0.781. The number of rotatable bonds is 6. The van der Waals surface area contributed by atoms with Gasteiger partial charge in [0, 0.05) is 12.5 Å². The van der Waals surface area contributed by atoms with E-state index in [0.717, 1.165) is 5.56 Å². The third-order valence-corrected chi connectivity index (χ3v) is 3.42. The summed E-state index contributed by atoms with van der Waals surface area (Å²) >= 11 is 0. The second kappa shape index (κ2) is 7.11. The van der Waals surface area contributed by atoms with Crippen molar-refractivity contribution in [2.24, 2.45) is 11.3 Å². The third-order valence-electron chi connectivity index (χ3n) is 3.42. The number of carboxylic acids is 1. The second-order valence-corrected chi connectivity index (χ2v) is 6.14. The van der Waals surface area contributed by atoms with E-state index in [0.29, 0.717) is 12.3 Å². The summed E-state index contributed by atoms with van der Waals surface area (Å²) < 4.78 is 5.10. The van der Waals surface area contributed by atoms with Crippen LogP contribution in [0.4, 0.5) is 0 Å². The van der Waals surface area contributed by atoms with Gasteiger partial charge in [0.2, 0.25) is 5.91 Å². The van der Waals surface area contributed by atoms with Gasteiger partial charge < -0.3 is 15.2 Å². The van der Waals surface area contributed by atoms with Crippen LogP contribution in [-0.4, -0.2) is 23.6 Å². The number of carboxylic acid groups (broad SMARTS) is 1. The topological polar surface area (TPSA) is 75.6 Å². The smallest absolute Gasteiger partial charge is 0.341 e. The zero-order chi connectivity index (χ0) is 16.0. The number of nitrogens with one attached hydrogen (secondary N) is 1. The van der Waals surface area contributed by atoms with Gasteiger partial charge in [-0.05, 0) is 23.1 Å². The number of carbonyl (C=O) groups excluding carboxylic acids is 1. The SMILES string of the molecule is CC(C(=O)NCc1cccc(OCC(=O)O)c1)C(C)(C)C. The lowest BCUT2D eigenvalue weighted by Gasteiger charge is -2.26.